The fourth-order valence-corrected chi connectivity index (χ4v) is 3.04. The van der Waals surface area contributed by atoms with Crippen molar-refractivity contribution < 1.29 is 14.3 Å². The van der Waals surface area contributed by atoms with Crippen molar-refractivity contribution in [3.63, 3.8) is 0 Å². The molecule has 6 nitrogen and oxygen atoms in total. The minimum Gasteiger partial charge on any atom is -0.504 e. The number of likely N-dealkylation sites (tertiary alicyclic amines) is 1. The van der Waals surface area contributed by atoms with E-state index in [1.807, 2.05) is 7.05 Å². The summed E-state index contributed by atoms with van der Waals surface area (Å²) < 4.78 is 14.6. The predicted octanol–water partition coefficient (Wildman–Crippen LogP) is 1.85. The van der Waals surface area contributed by atoms with Gasteiger partial charge in [0.15, 0.2) is 11.4 Å². The van der Waals surface area contributed by atoms with E-state index < -0.39 is 0 Å². The molecule has 1 aliphatic rings. The standard InChI is InChI=1S/C17H21FN4O2/c1-11-9-12(18)3-4-14(11)22-10-15(23)16(20-22)17(24)21-7-5-13(19-2)6-8-21/h3-4,9-10,13,19,23H,5-8H2,1-2H3. The van der Waals surface area contributed by atoms with Crippen LogP contribution in [-0.2, 0) is 0 Å². The molecule has 1 fully saturated rings. The Morgan fingerprint density at radius 1 is 1.38 bits per heavy atom. The van der Waals surface area contributed by atoms with E-state index in [4.69, 9.17) is 0 Å². The number of carbonyl (C=O) groups excluding carboxylic acids is 1. The van der Waals surface area contributed by atoms with Gasteiger partial charge in [-0.2, -0.15) is 5.10 Å². The minimum atomic E-state index is -0.337. The summed E-state index contributed by atoms with van der Waals surface area (Å²) in [6, 6.07) is 4.70. The Labute approximate surface area is 139 Å². The third-order valence-electron chi connectivity index (χ3n) is 4.49. The van der Waals surface area contributed by atoms with Gasteiger partial charge in [0.2, 0.25) is 0 Å². The zero-order chi connectivity index (χ0) is 17.3. The monoisotopic (exact) mass is 332 g/mol. The highest BCUT2D eigenvalue weighted by Crippen LogP contribution is 2.23. The van der Waals surface area contributed by atoms with Crippen LogP contribution in [0.15, 0.2) is 24.4 Å². The molecule has 0 saturated carbocycles. The number of hydrogen-bond donors (Lipinski definition) is 2. The highest BCUT2D eigenvalue weighted by molar-refractivity contribution is 5.94. The van der Waals surface area contributed by atoms with Gasteiger partial charge in [-0.15, -0.1) is 0 Å². The van der Waals surface area contributed by atoms with Crippen LogP contribution in [0.25, 0.3) is 5.69 Å². The fraction of sp³-hybridized carbons (Fsp3) is 0.412. The van der Waals surface area contributed by atoms with E-state index in [1.54, 1.807) is 17.9 Å². The molecular formula is C17H21FN4O2. The van der Waals surface area contributed by atoms with Crippen LogP contribution >= 0.6 is 0 Å². The number of aryl methyl sites for hydroxylation is 1. The molecule has 0 atom stereocenters. The van der Waals surface area contributed by atoms with Crippen LogP contribution in [0.1, 0.15) is 28.9 Å². The number of aromatic nitrogens is 2. The average Bonchev–Trinajstić information content (AvgIpc) is 2.95. The number of benzene rings is 1. The lowest BCUT2D eigenvalue weighted by Gasteiger charge is -2.31. The third kappa shape index (κ3) is 3.12. The van der Waals surface area contributed by atoms with Gasteiger partial charge in [0.25, 0.3) is 5.91 Å². The second kappa shape index (κ2) is 6.60. The van der Waals surface area contributed by atoms with E-state index in [1.165, 1.54) is 23.0 Å². The summed E-state index contributed by atoms with van der Waals surface area (Å²) in [6.07, 6.45) is 3.13. The molecule has 1 amide bonds. The summed E-state index contributed by atoms with van der Waals surface area (Å²) >= 11 is 0. The molecule has 7 heteroatoms. The molecule has 1 saturated heterocycles. The maximum absolute atomic E-state index is 13.2. The van der Waals surface area contributed by atoms with Crippen LogP contribution in [-0.4, -0.2) is 51.9 Å². The van der Waals surface area contributed by atoms with Crippen molar-refractivity contribution in [1.29, 1.82) is 0 Å². The highest BCUT2D eigenvalue weighted by atomic mass is 19.1. The smallest absolute Gasteiger partial charge is 0.278 e. The predicted molar refractivity (Wildman–Crippen MR) is 87.9 cm³/mol. The van der Waals surface area contributed by atoms with E-state index in [0.717, 1.165) is 12.8 Å². The van der Waals surface area contributed by atoms with E-state index in [9.17, 15) is 14.3 Å². The molecule has 128 valence electrons. The number of hydrogen-bond acceptors (Lipinski definition) is 4. The first kappa shape index (κ1) is 16.4. The Bertz CT molecular complexity index is 751. The summed E-state index contributed by atoms with van der Waals surface area (Å²) in [4.78, 5) is 14.3. The van der Waals surface area contributed by atoms with Crippen molar-refractivity contribution in [3.8, 4) is 11.4 Å². The summed E-state index contributed by atoms with van der Waals surface area (Å²) in [5, 5.41) is 17.6. The van der Waals surface area contributed by atoms with Crippen LogP contribution in [0.2, 0.25) is 0 Å². The maximum atomic E-state index is 13.2. The lowest BCUT2D eigenvalue weighted by Crippen LogP contribution is -2.44. The van der Waals surface area contributed by atoms with Crippen molar-refractivity contribution in [1.82, 2.24) is 20.0 Å². The fourth-order valence-electron chi connectivity index (χ4n) is 3.04. The quantitative estimate of drug-likeness (QED) is 0.900. The van der Waals surface area contributed by atoms with E-state index in [0.29, 0.717) is 30.4 Å². The van der Waals surface area contributed by atoms with Crippen molar-refractivity contribution in [2.45, 2.75) is 25.8 Å². The van der Waals surface area contributed by atoms with E-state index in [-0.39, 0.29) is 23.2 Å². The molecule has 0 aliphatic carbocycles. The first-order valence-electron chi connectivity index (χ1n) is 8.01. The normalized spacial score (nSPS) is 15.7. The summed E-state index contributed by atoms with van der Waals surface area (Å²) in [6.45, 7) is 3.01. The number of rotatable bonds is 3. The van der Waals surface area contributed by atoms with E-state index >= 15 is 0 Å². The number of amides is 1. The lowest BCUT2D eigenvalue weighted by atomic mass is 10.1. The van der Waals surface area contributed by atoms with Gasteiger partial charge in [0.1, 0.15) is 5.82 Å². The average molecular weight is 332 g/mol. The molecular weight excluding hydrogens is 311 g/mol. The maximum Gasteiger partial charge on any atom is 0.278 e. The Morgan fingerprint density at radius 3 is 2.71 bits per heavy atom. The van der Waals surface area contributed by atoms with Gasteiger partial charge >= 0.3 is 0 Å². The number of nitrogens with one attached hydrogen (secondary N) is 1. The topological polar surface area (TPSA) is 70.4 Å². The number of piperidine rings is 1. The summed E-state index contributed by atoms with van der Waals surface area (Å²) in [7, 11) is 1.92. The Hall–Kier alpha value is -2.41. The van der Waals surface area contributed by atoms with Crippen molar-refractivity contribution >= 4 is 5.91 Å². The van der Waals surface area contributed by atoms with Gasteiger partial charge in [-0.3, -0.25) is 4.79 Å². The van der Waals surface area contributed by atoms with Crippen LogP contribution in [0.5, 0.6) is 5.75 Å². The molecule has 0 radical (unpaired) electrons. The van der Waals surface area contributed by atoms with Crippen molar-refractivity contribution in [2.75, 3.05) is 20.1 Å². The SMILES string of the molecule is CNC1CCN(C(=O)c2nn(-c3ccc(F)cc3C)cc2O)CC1. The number of halogens is 1. The molecule has 2 aromatic rings. The highest BCUT2D eigenvalue weighted by Gasteiger charge is 2.27. The third-order valence-corrected chi connectivity index (χ3v) is 4.49. The van der Waals surface area contributed by atoms with Gasteiger partial charge in [-0.05, 0) is 50.6 Å². The molecule has 1 aliphatic heterocycles. The Balaban J connectivity index is 1.82. The summed E-state index contributed by atoms with van der Waals surface area (Å²) in [5.41, 5.74) is 1.33. The van der Waals surface area contributed by atoms with Gasteiger partial charge in [-0.25, -0.2) is 9.07 Å². The van der Waals surface area contributed by atoms with Gasteiger partial charge in [0, 0.05) is 19.1 Å². The van der Waals surface area contributed by atoms with Gasteiger partial charge in [-0.1, -0.05) is 0 Å². The van der Waals surface area contributed by atoms with Crippen molar-refractivity contribution in [2.24, 2.45) is 0 Å². The first-order chi connectivity index (χ1) is 11.5. The molecule has 0 unspecified atom stereocenters. The van der Waals surface area contributed by atoms with Gasteiger partial charge < -0.3 is 15.3 Å². The van der Waals surface area contributed by atoms with Gasteiger partial charge in [0.05, 0.1) is 11.9 Å². The van der Waals surface area contributed by atoms with Crippen LogP contribution < -0.4 is 5.32 Å². The molecule has 0 spiro atoms. The van der Waals surface area contributed by atoms with Crippen molar-refractivity contribution in [3.05, 3.63) is 41.5 Å². The molecule has 0 bridgehead atoms. The molecule has 2 heterocycles. The molecule has 3 rings (SSSR count). The van der Waals surface area contributed by atoms with Crippen LogP contribution in [0.3, 0.4) is 0 Å². The lowest BCUT2D eigenvalue weighted by molar-refractivity contribution is 0.0698. The summed E-state index contributed by atoms with van der Waals surface area (Å²) in [5.74, 6) is -0.781. The van der Waals surface area contributed by atoms with E-state index in [2.05, 4.69) is 10.4 Å². The zero-order valence-electron chi connectivity index (χ0n) is 13.8. The number of carbonyl (C=O) groups is 1. The Morgan fingerprint density at radius 2 is 2.08 bits per heavy atom. The zero-order valence-corrected chi connectivity index (χ0v) is 13.8. The first-order valence-corrected chi connectivity index (χ1v) is 8.01. The molecule has 1 aromatic carbocycles. The molecule has 24 heavy (non-hydrogen) atoms. The number of nitrogens with zero attached hydrogens (tertiary/aromatic N) is 3. The molecule has 1 aromatic heterocycles. The van der Waals surface area contributed by atoms with Crippen LogP contribution in [0, 0.1) is 12.7 Å². The van der Waals surface area contributed by atoms with Crippen LogP contribution in [0.4, 0.5) is 4.39 Å². The minimum absolute atomic E-state index is 0.0293. The number of aromatic hydroxyl groups is 1. The Kier molecular flexibility index (Phi) is 4.53. The largest absolute Gasteiger partial charge is 0.504 e. The molecule has 2 N–H and O–H groups in total. The second-order valence-corrected chi connectivity index (χ2v) is 6.09. The second-order valence-electron chi connectivity index (χ2n) is 6.09.